The molecule has 0 fully saturated rings. The van der Waals surface area contributed by atoms with E-state index >= 15 is 0 Å². The van der Waals surface area contributed by atoms with E-state index in [0.717, 1.165) is 44.9 Å². The Morgan fingerprint density at radius 2 is 0.887 bits per heavy atom. The van der Waals surface area contributed by atoms with Gasteiger partial charge in [0, 0.05) is 28.2 Å². The van der Waals surface area contributed by atoms with Crippen LogP contribution in [0.5, 0.6) is 0 Å². The third kappa shape index (κ3) is 4.91. The van der Waals surface area contributed by atoms with Crippen molar-refractivity contribution in [3.8, 4) is 28.2 Å². The van der Waals surface area contributed by atoms with Crippen LogP contribution in [-0.4, -0.2) is 17.6 Å². The monoisotopic (exact) mass is 693 g/mol. The Labute approximate surface area is 310 Å². The summed E-state index contributed by atoms with van der Waals surface area (Å²) in [5.41, 5.74) is 10.1. The summed E-state index contributed by atoms with van der Waals surface area (Å²) in [7, 11) is -2.71. The number of fused-ring (bicyclic) bond motifs is 3. The third-order valence-electron chi connectivity index (χ3n) is 10.7. The quantitative estimate of drug-likeness (QED) is 0.162. The maximum atomic E-state index is 5.30. The van der Waals surface area contributed by atoms with Gasteiger partial charge in [0.2, 0.25) is 0 Å². The molecule has 0 N–H and O–H groups in total. The summed E-state index contributed by atoms with van der Waals surface area (Å²) in [4.78, 5) is 7.80. The van der Waals surface area contributed by atoms with Gasteiger partial charge in [0.1, 0.15) is 5.82 Å². The second-order valence-electron chi connectivity index (χ2n) is 13.5. The van der Waals surface area contributed by atoms with Gasteiger partial charge in [0.15, 0.2) is 8.07 Å². The molecule has 0 bridgehead atoms. The molecule has 0 saturated heterocycles. The summed E-state index contributed by atoms with van der Waals surface area (Å²) < 4.78 is 2.27. The summed E-state index contributed by atoms with van der Waals surface area (Å²) in [5.74, 6) is 0.930. The third-order valence-corrected chi connectivity index (χ3v) is 15.5. The number of rotatable bonds is 6. The maximum Gasteiger partial charge on any atom is 0.184 e. The minimum absolute atomic E-state index is 0.930. The van der Waals surface area contributed by atoms with Crippen LogP contribution >= 0.6 is 0 Å². The molecule has 0 aliphatic carbocycles. The number of imidazole rings is 1. The summed E-state index contributed by atoms with van der Waals surface area (Å²) in [5, 5.41) is 5.53. The van der Waals surface area contributed by atoms with Crippen LogP contribution in [0.3, 0.4) is 0 Å². The number of hydrogen-bond donors (Lipinski definition) is 0. The van der Waals surface area contributed by atoms with Crippen molar-refractivity contribution in [2.45, 2.75) is 0 Å². The Kier molecular flexibility index (Phi) is 7.48. The van der Waals surface area contributed by atoms with Crippen molar-refractivity contribution in [1.82, 2.24) is 9.55 Å². The zero-order chi connectivity index (χ0) is 35.2. The lowest BCUT2D eigenvalue weighted by molar-refractivity contribution is 1.10. The van der Waals surface area contributed by atoms with Gasteiger partial charge in [-0.05, 0) is 68.8 Å². The molecule has 250 valence electrons. The predicted octanol–water partition coefficient (Wildman–Crippen LogP) is 9.52. The fraction of sp³-hybridized carbons (Fsp3) is 0. The Morgan fingerprint density at radius 3 is 1.49 bits per heavy atom. The zero-order valence-corrected chi connectivity index (χ0v) is 30.0. The van der Waals surface area contributed by atoms with Crippen LogP contribution in [0.2, 0.25) is 0 Å². The molecule has 4 heteroatoms. The highest BCUT2D eigenvalue weighted by molar-refractivity contribution is 7.21. The summed E-state index contributed by atoms with van der Waals surface area (Å²) in [6.45, 7) is 0. The number of anilines is 3. The fourth-order valence-electron chi connectivity index (χ4n) is 8.45. The molecule has 0 amide bonds. The van der Waals surface area contributed by atoms with Gasteiger partial charge in [-0.2, -0.15) is 0 Å². The largest absolute Gasteiger partial charge is 0.310 e. The van der Waals surface area contributed by atoms with Crippen LogP contribution in [0.1, 0.15) is 0 Å². The maximum absolute atomic E-state index is 5.30. The Morgan fingerprint density at radius 1 is 0.396 bits per heavy atom. The van der Waals surface area contributed by atoms with Crippen LogP contribution in [0.4, 0.5) is 17.1 Å². The van der Waals surface area contributed by atoms with Gasteiger partial charge in [0.05, 0.1) is 16.7 Å². The van der Waals surface area contributed by atoms with Crippen molar-refractivity contribution in [2.75, 3.05) is 4.90 Å². The molecular formula is C49H35N3Si. The van der Waals surface area contributed by atoms with E-state index in [1.54, 1.807) is 0 Å². The molecule has 3 nitrogen and oxygen atoms in total. The van der Waals surface area contributed by atoms with E-state index in [1.807, 2.05) is 0 Å². The highest BCUT2D eigenvalue weighted by Gasteiger charge is 2.48. The van der Waals surface area contributed by atoms with Crippen LogP contribution in [0.25, 0.3) is 39.2 Å². The molecule has 8 aromatic carbocycles. The van der Waals surface area contributed by atoms with Gasteiger partial charge in [0.25, 0.3) is 0 Å². The van der Waals surface area contributed by atoms with Gasteiger partial charge in [-0.1, -0.05) is 170 Å². The van der Waals surface area contributed by atoms with Crippen molar-refractivity contribution < 1.29 is 0 Å². The smallest absolute Gasteiger partial charge is 0.184 e. The number of para-hydroxylation sites is 4. The van der Waals surface area contributed by atoms with E-state index in [9.17, 15) is 0 Å². The lowest BCUT2D eigenvalue weighted by Gasteiger charge is -2.45. The van der Waals surface area contributed by atoms with E-state index in [1.165, 1.54) is 32.1 Å². The number of benzene rings is 8. The minimum atomic E-state index is -2.71. The first kappa shape index (κ1) is 31.0. The van der Waals surface area contributed by atoms with E-state index in [4.69, 9.17) is 4.98 Å². The summed E-state index contributed by atoms with van der Waals surface area (Å²) in [6.07, 6.45) is 0. The molecule has 9 aromatic rings. The molecule has 0 unspecified atom stereocenters. The molecule has 2 heterocycles. The second kappa shape index (κ2) is 12.8. The van der Waals surface area contributed by atoms with E-state index in [2.05, 4.69) is 222 Å². The molecule has 0 spiro atoms. The van der Waals surface area contributed by atoms with Crippen LogP contribution in [0, 0.1) is 0 Å². The second-order valence-corrected chi connectivity index (χ2v) is 17.3. The number of hydrogen-bond acceptors (Lipinski definition) is 2. The highest BCUT2D eigenvalue weighted by atomic mass is 28.3. The molecule has 10 rings (SSSR count). The normalized spacial score (nSPS) is 13.0. The topological polar surface area (TPSA) is 21.1 Å². The highest BCUT2D eigenvalue weighted by Crippen LogP contribution is 2.43. The Hall–Kier alpha value is -6.75. The van der Waals surface area contributed by atoms with Crippen molar-refractivity contribution in [1.29, 1.82) is 0 Å². The van der Waals surface area contributed by atoms with Gasteiger partial charge in [-0.3, -0.25) is 4.57 Å². The van der Waals surface area contributed by atoms with Gasteiger partial charge in [-0.25, -0.2) is 4.98 Å². The average molecular weight is 694 g/mol. The Balaban J connectivity index is 1.20. The van der Waals surface area contributed by atoms with Gasteiger partial charge in [-0.15, -0.1) is 0 Å². The standard InChI is InChI=1S/C49H35N3Si/c1-5-19-36(20-6-1)49-50-42-35-37(33-34-44(42)51(49)38-21-7-2-8-22-38)41-27-13-14-28-43(41)52-45-29-15-17-31-47(45)53(39-23-9-3-10-24-39,40-25-11-4-12-26-40)48-32-18-16-30-46(48)52/h1-35H. The molecular weight excluding hydrogens is 659 g/mol. The zero-order valence-electron chi connectivity index (χ0n) is 29.0. The molecule has 0 radical (unpaired) electrons. The summed E-state index contributed by atoms with van der Waals surface area (Å²) in [6, 6.07) is 77.1. The Bertz CT molecular complexity index is 2630. The van der Waals surface area contributed by atoms with Crippen molar-refractivity contribution >= 4 is 56.9 Å². The fourth-order valence-corrected chi connectivity index (χ4v) is 13.6. The molecule has 1 aliphatic heterocycles. The average Bonchev–Trinajstić information content (AvgIpc) is 3.63. The minimum Gasteiger partial charge on any atom is -0.310 e. The van der Waals surface area contributed by atoms with Crippen LogP contribution in [-0.2, 0) is 0 Å². The van der Waals surface area contributed by atoms with Gasteiger partial charge < -0.3 is 4.90 Å². The SMILES string of the molecule is c1ccc(-c2nc3cc(-c4ccccc4N4c5ccccc5[Si](c5ccccc5)(c5ccccc5)c5ccccc54)ccc3n2-c2ccccc2)cc1. The van der Waals surface area contributed by atoms with E-state index in [0.29, 0.717) is 0 Å². The van der Waals surface area contributed by atoms with E-state index < -0.39 is 8.07 Å². The lowest BCUT2D eigenvalue weighted by Crippen LogP contribution is -2.77. The molecule has 1 aromatic heterocycles. The first-order chi connectivity index (χ1) is 26.3. The molecule has 0 saturated carbocycles. The van der Waals surface area contributed by atoms with Crippen molar-refractivity contribution in [3.63, 3.8) is 0 Å². The first-order valence-electron chi connectivity index (χ1n) is 18.2. The molecule has 53 heavy (non-hydrogen) atoms. The number of aromatic nitrogens is 2. The first-order valence-corrected chi connectivity index (χ1v) is 20.2. The van der Waals surface area contributed by atoms with Gasteiger partial charge >= 0.3 is 0 Å². The predicted molar refractivity (Wildman–Crippen MR) is 224 cm³/mol. The van der Waals surface area contributed by atoms with Crippen molar-refractivity contribution in [2.24, 2.45) is 0 Å². The van der Waals surface area contributed by atoms with Crippen LogP contribution < -0.4 is 25.6 Å². The lowest BCUT2D eigenvalue weighted by atomic mass is 10.0. The van der Waals surface area contributed by atoms with Crippen molar-refractivity contribution in [3.05, 3.63) is 212 Å². The molecule has 1 aliphatic rings. The summed E-state index contributed by atoms with van der Waals surface area (Å²) >= 11 is 0. The molecule has 0 atom stereocenters. The van der Waals surface area contributed by atoms with Crippen LogP contribution in [0.15, 0.2) is 212 Å². The van der Waals surface area contributed by atoms with E-state index in [-0.39, 0.29) is 0 Å². The number of nitrogens with zero attached hydrogens (tertiary/aromatic N) is 3.